The first-order valence-corrected chi connectivity index (χ1v) is 14.0. The largest absolute Gasteiger partial charge is 0.465 e. The van der Waals surface area contributed by atoms with Gasteiger partial charge in [-0.05, 0) is 56.4 Å². The van der Waals surface area contributed by atoms with Crippen LogP contribution in [-0.4, -0.2) is 54.8 Å². The molecule has 1 unspecified atom stereocenters. The lowest BCUT2D eigenvalue weighted by molar-refractivity contribution is -0.167. The van der Waals surface area contributed by atoms with E-state index in [-0.39, 0.29) is 19.2 Å². The molecule has 8 nitrogen and oxygen atoms in total. The highest BCUT2D eigenvalue weighted by Crippen LogP contribution is 2.39. The third-order valence-electron chi connectivity index (χ3n) is 7.86. The van der Waals surface area contributed by atoms with Gasteiger partial charge in [0.05, 0.1) is 18.6 Å². The number of nitrogens with zero attached hydrogens (tertiary/aromatic N) is 3. The van der Waals surface area contributed by atoms with E-state index in [1.165, 1.54) is 0 Å². The average Bonchev–Trinajstić information content (AvgIpc) is 2.99. The van der Waals surface area contributed by atoms with Crippen LogP contribution in [0.25, 0.3) is 0 Å². The maximum Gasteiger partial charge on any atom is 0.412 e. The van der Waals surface area contributed by atoms with E-state index in [1.54, 1.807) is 4.90 Å². The molecule has 0 aliphatic carbocycles. The standard InChI is InChI=1S/C32H37N3O5/c1-3-38-30(36)32(15-19-34(20-16-32)27-13-17-33-24(2)21-27)23-40-29-28-12-8-7-11-26(28)14-18-35(29)31(37)39-22-25-9-5-4-6-10-25/h4-13,17,21,29H,3,14-16,18-20,22-23H2,1-2H3. The van der Waals surface area contributed by atoms with Crippen molar-refractivity contribution in [2.45, 2.75) is 45.9 Å². The van der Waals surface area contributed by atoms with Crippen LogP contribution in [0.3, 0.4) is 0 Å². The van der Waals surface area contributed by atoms with Gasteiger partial charge in [-0.2, -0.15) is 0 Å². The highest BCUT2D eigenvalue weighted by Gasteiger charge is 2.45. The van der Waals surface area contributed by atoms with Crippen molar-refractivity contribution in [3.05, 3.63) is 95.3 Å². The molecule has 2 aromatic carbocycles. The SMILES string of the molecule is CCOC(=O)C1(COC2c3ccccc3CCN2C(=O)OCc2ccccc2)CCN(c2ccnc(C)c2)CC1. The molecule has 8 heteroatoms. The van der Waals surface area contributed by atoms with E-state index < -0.39 is 17.7 Å². The summed E-state index contributed by atoms with van der Waals surface area (Å²) in [4.78, 5) is 34.9. The zero-order chi connectivity index (χ0) is 28.0. The normalized spacial score (nSPS) is 18.1. The topological polar surface area (TPSA) is 81.2 Å². The molecule has 0 saturated carbocycles. The van der Waals surface area contributed by atoms with Crippen molar-refractivity contribution in [3.8, 4) is 0 Å². The van der Waals surface area contributed by atoms with Gasteiger partial charge in [0, 0.05) is 42.8 Å². The van der Waals surface area contributed by atoms with Gasteiger partial charge < -0.3 is 19.1 Å². The van der Waals surface area contributed by atoms with Crippen LogP contribution in [0.15, 0.2) is 72.9 Å². The predicted molar refractivity (Wildman–Crippen MR) is 152 cm³/mol. The van der Waals surface area contributed by atoms with Gasteiger partial charge >= 0.3 is 12.1 Å². The van der Waals surface area contributed by atoms with Crippen molar-refractivity contribution in [2.24, 2.45) is 5.41 Å². The lowest BCUT2D eigenvalue weighted by Crippen LogP contribution is -2.49. The Morgan fingerprint density at radius 2 is 1.73 bits per heavy atom. The molecule has 0 radical (unpaired) electrons. The lowest BCUT2D eigenvalue weighted by atomic mass is 9.78. The van der Waals surface area contributed by atoms with Crippen molar-refractivity contribution < 1.29 is 23.8 Å². The Hall–Kier alpha value is -3.91. The summed E-state index contributed by atoms with van der Waals surface area (Å²) < 4.78 is 17.8. The molecule has 1 atom stereocenters. The molecule has 1 fully saturated rings. The Kier molecular flexibility index (Phi) is 8.65. The van der Waals surface area contributed by atoms with Crippen LogP contribution in [0.5, 0.6) is 0 Å². The molecular weight excluding hydrogens is 506 g/mol. The molecule has 5 rings (SSSR count). The Balaban J connectivity index is 1.33. The highest BCUT2D eigenvalue weighted by atomic mass is 16.6. The Labute approximate surface area is 235 Å². The van der Waals surface area contributed by atoms with Gasteiger partial charge in [-0.15, -0.1) is 0 Å². The Bertz CT molecular complexity index is 1310. The number of carbonyl (C=O) groups is 2. The smallest absolute Gasteiger partial charge is 0.412 e. The number of rotatable bonds is 8. The van der Waals surface area contributed by atoms with Crippen molar-refractivity contribution >= 4 is 17.7 Å². The molecule has 0 N–H and O–H groups in total. The van der Waals surface area contributed by atoms with Gasteiger partial charge in [0.1, 0.15) is 6.61 Å². The number of amides is 1. The first-order chi connectivity index (χ1) is 19.5. The van der Waals surface area contributed by atoms with Crippen LogP contribution in [0.4, 0.5) is 10.5 Å². The van der Waals surface area contributed by atoms with Crippen LogP contribution in [0.1, 0.15) is 48.4 Å². The second-order valence-corrected chi connectivity index (χ2v) is 10.5. The minimum atomic E-state index is -0.805. The average molecular weight is 544 g/mol. The summed E-state index contributed by atoms with van der Waals surface area (Å²) in [5, 5.41) is 0. The van der Waals surface area contributed by atoms with Gasteiger partial charge in [-0.25, -0.2) is 4.79 Å². The maximum absolute atomic E-state index is 13.4. The molecule has 1 amide bonds. The summed E-state index contributed by atoms with van der Waals surface area (Å²) in [7, 11) is 0. The second kappa shape index (κ2) is 12.5. The number of ether oxygens (including phenoxy) is 3. The molecular formula is C32H37N3O5. The van der Waals surface area contributed by atoms with E-state index >= 15 is 0 Å². The summed E-state index contributed by atoms with van der Waals surface area (Å²) >= 11 is 0. The van der Waals surface area contributed by atoms with E-state index in [0.29, 0.717) is 45.5 Å². The maximum atomic E-state index is 13.4. The number of pyridine rings is 1. The molecule has 40 heavy (non-hydrogen) atoms. The summed E-state index contributed by atoms with van der Waals surface area (Å²) in [5.41, 5.74) is 4.23. The molecule has 0 bridgehead atoms. The molecule has 0 spiro atoms. The van der Waals surface area contributed by atoms with E-state index in [2.05, 4.69) is 22.0 Å². The van der Waals surface area contributed by atoms with Gasteiger partial charge in [0.2, 0.25) is 0 Å². The van der Waals surface area contributed by atoms with Crippen molar-refractivity contribution in [3.63, 3.8) is 0 Å². The highest BCUT2D eigenvalue weighted by molar-refractivity contribution is 5.77. The number of esters is 1. The number of aryl methyl sites for hydroxylation is 1. The van der Waals surface area contributed by atoms with E-state index in [1.807, 2.05) is 74.6 Å². The number of hydrogen-bond donors (Lipinski definition) is 0. The van der Waals surface area contributed by atoms with Gasteiger partial charge in [0.25, 0.3) is 0 Å². The van der Waals surface area contributed by atoms with Crippen LogP contribution >= 0.6 is 0 Å². The number of piperidine rings is 1. The lowest BCUT2D eigenvalue weighted by Gasteiger charge is -2.43. The number of benzene rings is 2. The number of anilines is 1. The number of hydrogen-bond acceptors (Lipinski definition) is 7. The van der Waals surface area contributed by atoms with E-state index in [0.717, 1.165) is 28.1 Å². The number of fused-ring (bicyclic) bond motifs is 1. The third kappa shape index (κ3) is 6.12. The summed E-state index contributed by atoms with van der Waals surface area (Å²) in [5.74, 6) is -0.247. The van der Waals surface area contributed by atoms with E-state index in [4.69, 9.17) is 14.2 Å². The number of aromatic nitrogens is 1. The number of carbonyl (C=O) groups excluding carboxylic acids is 2. The molecule has 1 aromatic heterocycles. The van der Waals surface area contributed by atoms with Gasteiger partial charge in [-0.1, -0.05) is 54.6 Å². The fourth-order valence-electron chi connectivity index (χ4n) is 5.55. The third-order valence-corrected chi connectivity index (χ3v) is 7.86. The Morgan fingerprint density at radius 1 is 0.975 bits per heavy atom. The molecule has 1 saturated heterocycles. The fraction of sp³-hybridized carbons (Fsp3) is 0.406. The first-order valence-electron chi connectivity index (χ1n) is 14.0. The molecule has 3 aromatic rings. The van der Waals surface area contributed by atoms with Gasteiger partial charge in [-0.3, -0.25) is 14.7 Å². The molecule has 2 aliphatic rings. The van der Waals surface area contributed by atoms with Crippen molar-refractivity contribution in [2.75, 3.05) is 37.7 Å². The molecule has 3 heterocycles. The van der Waals surface area contributed by atoms with E-state index in [9.17, 15) is 9.59 Å². The fourth-order valence-corrected chi connectivity index (χ4v) is 5.55. The quantitative estimate of drug-likeness (QED) is 0.350. The summed E-state index contributed by atoms with van der Waals surface area (Å²) in [6, 6.07) is 21.7. The Morgan fingerprint density at radius 3 is 2.48 bits per heavy atom. The molecule has 210 valence electrons. The van der Waals surface area contributed by atoms with Gasteiger partial charge in [0.15, 0.2) is 6.23 Å². The summed E-state index contributed by atoms with van der Waals surface area (Å²) in [6.07, 6.45) is 2.60. The zero-order valence-corrected chi connectivity index (χ0v) is 23.3. The van der Waals surface area contributed by atoms with Crippen molar-refractivity contribution in [1.29, 1.82) is 0 Å². The van der Waals surface area contributed by atoms with Crippen LogP contribution < -0.4 is 4.90 Å². The minimum Gasteiger partial charge on any atom is -0.465 e. The molecule has 2 aliphatic heterocycles. The van der Waals surface area contributed by atoms with Crippen LogP contribution in [0, 0.1) is 12.3 Å². The van der Waals surface area contributed by atoms with Crippen molar-refractivity contribution in [1.82, 2.24) is 9.88 Å². The second-order valence-electron chi connectivity index (χ2n) is 10.5. The summed E-state index contributed by atoms with van der Waals surface area (Å²) in [6.45, 7) is 6.28. The monoisotopic (exact) mass is 543 g/mol. The zero-order valence-electron chi connectivity index (χ0n) is 23.3. The van der Waals surface area contributed by atoms with Crippen LogP contribution in [0.2, 0.25) is 0 Å². The minimum absolute atomic E-state index is 0.149. The predicted octanol–water partition coefficient (Wildman–Crippen LogP) is 5.45. The first kappa shape index (κ1) is 27.6. The van der Waals surface area contributed by atoms with Crippen LogP contribution in [-0.2, 0) is 32.0 Å².